The molecule has 1 aliphatic carbocycles. The first-order valence-electron chi connectivity index (χ1n) is 8.54. The minimum absolute atomic E-state index is 0.00260. The van der Waals surface area contributed by atoms with Gasteiger partial charge in [-0.05, 0) is 18.1 Å². The Labute approximate surface area is 155 Å². The van der Waals surface area contributed by atoms with Crippen LogP contribution in [-0.2, 0) is 13.6 Å². The van der Waals surface area contributed by atoms with Gasteiger partial charge in [0, 0.05) is 30.8 Å². The van der Waals surface area contributed by atoms with Crippen molar-refractivity contribution in [1.29, 1.82) is 0 Å². The highest BCUT2D eigenvalue weighted by molar-refractivity contribution is 5.55. The largest absolute Gasteiger partial charge is 0.505 e. The summed E-state index contributed by atoms with van der Waals surface area (Å²) in [5.41, 5.74) is 2.34. The number of hydrogen-bond acceptors (Lipinski definition) is 6. The van der Waals surface area contributed by atoms with Crippen LogP contribution in [0.2, 0.25) is 0 Å². The molecule has 0 aliphatic heterocycles. The van der Waals surface area contributed by atoms with E-state index in [-0.39, 0.29) is 17.2 Å². The molecule has 3 aromatic heterocycles. The van der Waals surface area contributed by atoms with E-state index in [1.54, 1.807) is 16.9 Å². The Morgan fingerprint density at radius 1 is 1.22 bits per heavy atom. The van der Waals surface area contributed by atoms with Gasteiger partial charge in [0.25, 0.3) is 5.56 Å². The van der Waals surface area contributed by atoms with Crippen molar-refractivity contribution in [2.24, 2.45) is 7.05 Å². The van der Waals surface area contributed by atoms with Crippen molar-refractivity contribution in [3.05, 3.63) is 76.9 Å². The second kappa shape index (κ2) is 6.99. The molecule has 1 unspecified atom stereocenters. The van der Waals surface area contributed by atoms with E-state index in [0.717, 1.165) is 17.6 Å². The average molecular weight is 362 g/mol. The first-order valence-corrected chi connectivity index (χ1v) is 8.54. The molecule has 136 valence electrons. The summed E-state index contributed by atoms with van der Waals surface area (Å²) < 4.78 is 3.14. The Balaban J connectivity index is 1.60. The third-order valence-corrected chi connectivity index (χ3v) is 4.33. The predicted molar refractivity (Wildman–Crippen MR) is 99.0 cm³/mol. The summed E-state index contributed by atoms with van der Waals surface area (Å²) in [6, 6.07) is 3.22. The fraction of sp³-hybridized carbons (Fsp3) is 0.211. The molecule has 8 nitrogen and oxygen atoms in total. The van der Waals surface area contributed by atoms with Crippen LogP contribution < -0.4 is 5.56 Å². The normalized spacial score (nSPS) is 16.3. The Kier molecular flexibility index (Phi) is 4.37. The molecule has 1 N–H and O–H groups in total. The number of nitrogens with zero attached hydrogens (tertiary/aromatic N) is 6. The van der Waals surface area contributed by atoms with Gasteiger partial charge in [-0.2, -0.15) is 10.2 Å². The smallest absolute Gasteiger partial charge is 0.267 e. The Morgan fingerprint density at radius 3 is 2.78 bits per heavy atom. The van der Waals surface area contributed by atoms with Crippen LogP contribution >= 0.6 is 0 Å². The van der Waals surface area contributed by atoms with E-state index in [0.29, 0.717) is 18.1 Å². The van der Waals surface area contributed by atoms with E-state index in [2.05, 4.69) is 20.2 Å². The minimum Gasteiger partial charge on any atom is -0.505 e. The standard InChI is InChI=1S/C19H18N6O2/c1-24-12-15(8-22-24)17-5-6-18(27)25(23-17)11-13-3-2-4-14(7-13)19-20-9-16(26)10-21-19/h2-3,5-10,12,14,26H,4,11H2,1H3. The lowest BCUT2D eigenvalue weighted by Gasteiger charge is -2.16. The zero-order valence-electron chi connectivity index (χ0n) is 14.7. The third kappa shape index (κ3) is 3.69. The van der Waals surface area contributed by atoms with Gasteiger partial charge in [0.05, 0.1) is 30.8 Å². The molecule has 0 aromatic carbocycles. The van der Waals surface area contributed by atoms with Crippen LogP contribution in [0, 0.1) is 0 Å². The van der Waals surface area contributed by atoms with Crippen LogP contribution in [0.15, 0.2) is 65.5 Å². The molecule has 0 saturated heterocycles. The van der Waals surface area contributed by atoms with E-state index in [1.165, 1.54) is 23.1 Å². The molecule has 0 bridgehead atoms. The quantitative estimate of drug-likeness (QED) is 0.760. The summed E-state index contributed by atoms with van der Waals surface area (Å²) in [7, 11) is 1.84. The third-order valence-electron chi connectivity index (χ3n) is 4.33. The maximum Gasteiger partial charge on any atom is 0.267 e. The van der Waals surface area contributed by atoms with Crippen LogP contribution in [0.5, 0.6) is 5.75 Å². The van der Waals surface area contributed by atoms with Crippen LogP contribution in [0.1, 0.15) is 18.2 Å². The van der Waals surface area contributed by atoms with Crippen molar-refractivity contribution in [3.8, 4) is 17.0 Å². The second-order valence-corrected chi connectivity index (χ2v) is 6.40. The SMILES string of the molecule is Cn1cc(-c2ccc(=O)n(CC3=CC(c4ncc(O)cn4)CC=C3)n2)cn1. The number of aromatic nitrogens is 6. The summed E-state index contributed by atoms with van der Waals surface area (Å²) in [6.07, 6.45) is 13.2. The lowest BCUT2D eigenvalue weighted by molar-refractivity contribution is 0.467. The molecule has 0 amide bonds. The topological polar surface area (TPSA) is 98.7 Å². The van der Waals surface area contributed by atoms with Crippen LogP contribution in [0.4, 0.5) is 0 Å². The van der Waals surface area contributed by atoms with Gasteiger partial charge in [-0.15, -0.1) is 0 Å². The molecule has 0 fully saturated rings. The van der Waals surface area contributed by atoms with Crippen molar-refractivity contribution < 1.29 is 5.11 Å². The van der Waals surface area contributed by atoms with Crippen molar-refractivity contribution >= 4 is 0 Å². The summed E-state index contributed by atoms with van der Waals surface area (Å²) in [4.78, 5) is 20.6. The van der Waals surface area contributed by atoms with Gasteiger partial charge in [0.2, 0.25) is 0 Å². The number of hydrogen-bond donors (Lipinski definition) is 1. The van der Waals surface area contributed by atoms with Gasteiger partial charge < -0.3 is 5.11 Å². The number of rotatable bonds is 4. The Hall–Kier alpha value is -3.55. The van der Waals surface area contributed by atoms with E-state index in [9.17, 15) is 9.90 Å². The molecular weight excluding hydrogens is 344 g/mol. The lowest BCUT2D eigenvalue weighted by Crippen LogP contribution is -2.23. The molecule has 8 heteroatoms. The van der Waals surface area contributed by atoms with E-state index in [4.69, 9.17) is 0 Å². The van der Waals surface area contributed by atoms with Crippen LogP contribution in [0.25, 0.3) is 11.3 Å². The number of allylic oxidation sites excluding steroid dienone is 4. The molecule has 0 spiro atoms. The predicted octanol–water partition coefficient (Wildman–Crippen LogP) is 1.81. The first kappa shape index (κ1) is 16.9. The zero-order chi connectivity index (χ0) is 18.8. The van der Waals surface area contributed by atoms with Crippen molar-refractivity contribution in [1.82, 2.24) is 29.5 Å². The number of aromatic hydroxyl groups is 1. The van der Waals surface area contributed by atoms with Crippen LogP contribution in [-0.4, -0.2) is 34.6 Å². The van der Waals surface area contributed by atoms with Crippen molar-refractivity contribution in [2.75, 3.05) is 0 Å². The maximum absolute atomic E-state index is 12.2. The van der Waals surface area contributed by atoms with Gasteiger partial charge in [0.15, 0.2) is 5.75 Å². The second-order valence-electron chi connectivity index (χ2n) is 6.40. The van der Waals surface area contributed by atoms with Gasteiger partial charge in [-0.1, -0.05) is 18.2 Å². The van der Waals surface area contributed by atoms with Crippen molar-refractivity contribution in [3.63, 3.8) is 0 Å². The highest BCUT2D eigenvalue weighted by atomic mass is 16.3. The molecule has 3 heterocycles. The van der Waals surface area contributed by atoms with E-state index in [1.807, 2.05) is 31.5 Å². The maximum atomic E-state index is 12.2. The Morgan fingerprint density at radius 2 is 2.04 bits per heavy atom. The highest BCUT2D eigenvalue weighted by Gasteiger charge is 2.15. The summed E-state index contributed by atoms with van der Waals surface area (Å²) in [6.45, 7) is 0.359. The summed E-state index contributed by atoms with van der Waals surface area (Å²) in [5, 5.41) is 18.0. The molecule has 3 aromatic rings. The molecule has 0 radical (unpaired) electrons. The molecule has 0 saturated carbocycles. The lowest BCUT2D eigenvalue weighted by atomic mass is 9.95. The van der Waals surface area contributed by atoms with Gasteiger partial charge >= 0.3 is 0 Å². The first-order chi connectivity index (χ1) is 13.1. The van der Waals surface area contributed by atoms with Crippen molar-refractivity contribution in [2.45, 2.75) is 18.9 Å². The average Bonchev–Trinajstić information content (AvgIpc) is 3.11. The van der Waals surface area contributed by atoms with E-state index < -0.39 is 0 Å². The fourth-order valence-electron chi connectivity index (χ4n) is 3.00. The zero-order valence-corrected chi connectivity index (χ0v) is 14.7. The molecule has 1 atom stereocenters. The summed E-state index contributed by atoms with van der Waals surface area (Å²) in [5.74, 6) is 0.680. The van der Waals surface area contributed by atoms with Gasteiger partial charge in [0.1, 0.15) is 5.82 Å². The van der Waals surface area contributed by atoms with Gasteiger partial charge in [-0.3, -0.25) is 9.48 Å². The molecule has 4 rings (SSSR count). The molecule has 1 aliphatic rings. The monoisotopic (exact) mass is 362 g/mol. The van der Waals surface area contributed by atoms with E-state index >= 15 is 0 Å². The van der Waals surface area contributed by atoms with Gasteiger partial charge in [-0.25, -0.2) is 14.6 Å². The Bertz CT molecular complexity index is 1080. The summed E-state index contributed by atoms with van der Waals surface area (Å²) >= 11 is 0. The van der Waals surface area contributed by atoms with Crippen LogP contribution in [0.3, 0.4) is 0 Å². The number of aryl methyl sites for hydroxylation is 1. The molecular formula is C19H18N6O2. The highest BCUT2D eigenvalue weighted by Crippen LogP contribution is 2.25. The molecule has 27 heavy (non-hydrogen) atoms. The minimum atomic E-state index is -0.167. The fourth-order valence-corrected chi connectivity index (χ4v) is 3.00.